The van der Waals surface area contributed by atoms with Crippen molar-refractivity contribution in [3.8, 4) is 0 Å². The second-order valence-electron chi connectivity index (χ2n) is 4.37. The number of nitrogens with one attached hydrogen (secondary N) is 1. The number of nitrogens with zero attached hydrogens (tertiary/aromatic N) is 2. The predicted molar refractivity (Wildman–Crippen MR) is 74.7 cm³/mol. The van der Waals surface area contributed by atoms with Crippen LogP contribution in [0.25, 0.3) is 11.1 Å². The lowest BCUT2D eigenvalue weighted by Crippen LogP contribution is -2.08. The molecule has 0 spiro atoms. The number of hydrogen-bond donors (Lipinski definition) is 2. The fourth-order valence-corrected chi connectivity index (χ4v) is 1.90. The zero-order valence-electron chi connectivity index (χ0n) is 10.5. The maximum Gasteiger partial charge on any atom is 0.296 e. The van der Waals surface area contributed by atoms with Crippen molar-refractivity contribution in [2.24, 2.45) is 0 Å². The molecule has 3 N–H and O–H groups in total. The highest BCUT2D eigenvalue weighted by atomic mass is 16.4. The molecule has 0 saturated heterocycles. The number of aromatic nitrogens is 2. The smallest absolute Gasteiger partial charge is 0.296 e. The van der Waals surface area contributed by atoms with Gasteiger partial charge in [0.2, 0.25) is 0 Å². The Bertz CT molecular complexity index is 693. The molecule has 5 nitrogen and oxygen atoms in total. The van der Waals surface area contributed by atoms with E-state index in [4.69, 9.17) is 10.2 Å². The van der Waals surface area contributed by atoms with Gasteiger partial charge < -0.3 is 15.5 Å². The summed E-state index contributed by atoms with van der Waals surface area (Å²) in [6.45, 7) is 2.01. The summed E-state index contributed by atoms with van der Waals surface area (Å²) < 4.78 is 5.61. The number of nitrogen functional groups attached to an aromatic ring is 1. The number of rotatable bonds is 3. The van der Waals surface area contributed by atoms with Gasteiger partial charge in [-0.15, -0.1) is 0 Å². The van der Waals surface area contributed by atoms with E-state index in [1.807, 2.05) is 31.2 Å². The molecule has 3 aromatic rings. The first kappa shape index (κ1) is 11.5. The lowest BCUT2D eigenvalue weighted by molar-refractivity contribution is 0.602. The molecule has 0 fully saturated rings. The molecule has 1 aromatic carbocycles. The molecule has 96 valence electrons. The molecule has 0 aliphatic heterocycles. The topological polar surface area (TPSA) is 77.0 Å². The summed E-state index contributed by atoms with van der Waals surface area (Å²) in [5.74, 6) is 0. The summed E-state index contributed by atoms with van der Waals surface area (Å²) in [4.78, 5) is 8.64. The standard InChI is InChI=1S/C14H14N4O/c1-9(11-4-2-3-7-16-11)17-14-18-12-8-10(15)5-6-13(12)19-14/h2-9H,15H2,1H3,(H,17,18). The van der Waals surface area contributed by atoms with Gasteiger partial charge in [-0.05, 0) is 37.3 Å². The molecule has 2 heterocycles. The highest BCUT2D eigenvalue weighted by Gasteiger charge is 2.11. The minimum Gasteiger partial charge on any atom is -0.424 e. The van der Waals surface area contributed by atoms with Crippen LogP contribution in [0.3, 0.4) is 0 Å². The van der Waals surface area contributed by atoms with Crippen LogP contribution in [0.2, 0.25) is 0 Å². The van der Waals surface area contributed by atoms with Gasteiger partial charge >= 0.3 is 0 Å². The lowest BCUT2D eigenvalue weighted by Gasteiger charge is -2.10. The van der Waals surface area contributed by atoms with Gasteiger partial charge in [0.1, 0.15) is 5.52 Å². The number of oxazole rings is 1. The molecule has 2 aromatic heterocycles. The van der Waals surface area contributed by atoms with Crippen LogP contribution in [0.1, 0.15) is 18.7 Å². The molecule has 1 unspecified atom stereocenters. The third kappa shape index (κ3) is 2.35. The van der Waals surface area contributed by atoms with Crippen molar-refractivity contribution in [2.75, 3.05) is 11.1 Å². The number of hydrogen-bond acceptors (Lipinski definition) is 5. The van der Waals surface area contributed by atoms with Crippen molar-refractivity contribution in [1.82, 2.24) is 9.97 Å². The Balaban J connectivity index is 1.85. The Labute approximate surface area is 110 Å². The summed E-state index contributed by atoms with van der Waals surface area (Å²) in [7, 11) is 0. The Morgan fingerprint density at radius 1 is 1.26 bits per heavy atom. The minimum absolute atomic E-state index is 0.0200. The summed E-state index contributed by atoms with van der Waals surface area (Å²) in [6.07, 6.45) is 1.76. The zero-order chi connectivity index (χ0) is 13.2. The van der Waals surface area contributed by atoms with E-state index < -0.39 is 0 Å². The second-order valence-corrected chi connectivity index (χ2v) is 4.37. The minimum atomic E-state index is 0.0200. The lowest BCUT2D eigenvalue weighted by atomic mass is 10.2. The highest BCUT2D eigenvalue weighted by molar-refractivity contribution is 5.78. The average Bonchev–Trinajstić information content (AvgIpc) is 2.81. The van der Waals surface area contributed by atoms with Crippen LogP contribution < -0.4 is 11.1 Å². The summed E-state index contributed by atoms with van der Waals surface area (Å²) >= 11 is 0. The summed E-state index contributed by atoms with van der Waals surface area (Å²) in [5.41, 5.74) is 8.78. The molecule has 3 rings (SSSR count). The highest BCUT2D eigenvalue weighted by Crippen LogP contribution is 2.23. The quantitative estimate of drug-likeness (QED) is 0.702. The Hall–Kier alpha value is -2.56. The van der Waals surface area contributed by atoms with Gasteiger partial charge in [-0.1, -0.05) is 6.07 Å². The van der Waals surface area contributed by atoms with Crippen LogP contribution in [-0.2, 0) is 0 Å². The van der Waals surface area contributed by atoms with Crippen molar-refractivity contribution in [1.29, 1.82) is 0 Å². The van der Waals surface area contributed by atoms with E-state index in [2.05, 4.69) is 15.3 Å². The van der Waals surface area contributed by atoms with Gasteiger partial charge in [0.25, 0.3) is 6.01 Å². The van der Waals surface area contributed by atoms with E-state index in [0.717, 1.165) is 11.2 Å². The van der Waals surface area contributed by atoms with Crippen LogP contribution in [0.4, 0.5) is 11.7 Å². The monoisotopic (exact) mass is 254 g/mol. The largest absolute Gasteiger partial charge is 0.424 e. The fraction of sp³-hybridized carbons (Fsp3) is 0.143. The van der Waals surface area contributed by atoms with Crippen LogP contribution in [0.15, 0.2) is 47.0 Å². The van der Waals surface area contributed by atoms with Gasteiger partial charge in [0.05, 0.1) is 11.7 Å². The third-order valence-corrected chi connectivity index (χ3v) is 2.88. The molecule has 0 bridgehead atoms. The van der Waals surface area contributed by atoms with Gasteiger partial charge in [-0.3, -0.25) is 4.98 Å². The van der Waals surface area contributed by atoms with Crippen LogP contribution in [0.5, 0.6) is 0 Å². The van der Waals surface area contributed by atoms with Crippen LogP contribution in [-0.4, -0.2) is 9.97 Å². The molecule has 19 heavy (non-hydrogen) atoms. The Kier molecular flexibility index (Phi) is 2.79. The summed E-state index contributed by atoms with van der Waals surface area (Å²) in [5, 5.41) is 3.19. The molecule has 0 aliphatic carbocycles. The Morgan fingerprint density at radius 2 is 2.16 bits per heavy atom. The first-order valence-electron chi connectivity index (χ1n) is 6.06. The molecule has 0 aliphatic rings. The number of nitrogens with two attached hydrogens (primary N) is 1. The summed E-state index contributed by atoms with van der Waals surface area (Å²) in [6, 6.07) is 11.7. The predicted octanol–water partition coefficient (Wildman–Crippen LogP) is 2.98. The maximum atomic E-state index is 5.71. The third-order valence-electron chi connectivity index (χ3n) is 2.88. The molecule has 0 amide bonds. The second kappa shape index (κ2) is 4.61. The van der Waals surface area contributed by atoms with E-state index in [1.165, 1.54) is 0 Å². The van der Waals surface area contributed by atoms with Crippen molar-refractivity contribution in [2.45, 2.75) is 13.0 Å². The van der Waals surface area contributed by atoms with Gasteiger partial charge in [-0.2, -0.15) is 4.98 Å². The Morgan fingerprint density at radius 3 is 2.95 bits per heavy atom. The molecule has 0 saturated carbocycles. The number of pyridine rings is 1. The SMILES string of the molecule is CC(Nc1nc2cc(N)ccc2o1)c1ccccn1. The van der Waals surface area contributed by atoms with Crippen molar-refractivity contribution in [3.05, 3.63) is 48.3 Å². The molecular weight excluding hydrogens is 240 g/mol. The van der Waals surface area contributed by atoms with Crippen LogP contribution in [0, 0.1) is 0 Å². The average molecular weight is 254 g/mol. The number of fused-ring (bicyclic) bond motifs is 1. The van der Waals surface area contributed by atoms with E-state index in [0.29, 0.717) is 17.3 Å². The van der Waals surface area contributed by atoms with Crippen LogP contribution >= 0.6 is 0 Å². The zero-order valence-corrected chi connectivity index (χ0v) is 10.5. The van der Waals surface area contributed by atoms with Gasteiger partial charge in [-0.25, -0.2) is 0 Å². The van der Waals surface area contributed by atoms with E-state index in [-0.39, 0.29) is 6.04 Å². The number of anilines is 2. The van der Waals surface area contributed by atoms with E-state index >= 15 is 0 Å². The fourth-order valence-electron chi connectivity index (χ4n) is 1.90. The van der Waals surface area contributed by atoms with Crippen molar-refractivity contribution < 1.29 is 4.42 Å². The molecule has 5 heteroatoms. The van der Waals surface area contributed by atoms with Gasteiger partial charge in [0.15, 0.2) is 5.58 Å². The maximum absolute atomic E-state index is 5.71. The first-order valence-corrected chi connectivity index (χ1v) is 6.06. The number of benzene rings is 1. The normalized spacial score (nSPS) is 12.5. The van der Waals surface area contributed by atoms with Crippen molar-refractivity contribution in [3.63, 3.8) is 0 Å². The molecular formula is C14H14N4O. The first-order chi connectivity index (χ1) is 9.22. The van der Waals surface area contributed by atoms with Gasteiger partial charge in [0, 0.05) is 11.9 Å². The van der Waals surface area contributed by atoms with E-state index in [1.54, 1.807) is 18.3 Å². The molecule has 0 radical (unpaired) electrons. The molecule has 1 atom stereocenters. The van der Waals surface area contributed by atoms with Crippen molar-refractivity contribution >= 4 is 22.8 Å². The van der Waals surface area contributed by atoms with E-state index in [9.17, 15) is 0 Å².